The number of hydrogen-bond acceptors (Lipinski definition) is 7. The van der Waals surface area contributed by atoms with Crippen LogP contribution in [0.2, 0.25) is 0 Å². The van der Waals surface area contributed by atoms with Crippen LogP contribution in [0.25, 0.3) is 0 Å². The average Bonchev–Trinajstić information content (AvgIpc) is 2.82. The Morgan fingerprint density at radius 1 is 1.12 bits per heavy atom. The Balaban J connectivity index is 1.79. The number of nitrogens with one attached hydrogen (secondary N) is 1. The third kappa shape index (κ3) is 5.85. The van der Waals surface area contributed by atoms with Gasteiger partial charge >= 0.3 is 6.09 Å². The first-order valence-corrected chi connectivity index (χ1v) is 12.1. The zero-order valence-electron chi connectivity index (χ0n) is 18.7. The van der Waals surface area contributed by atoms with Gasteiger partial charge in [-0.25, -0.2) is 18.7 Å². The molecule has 1 aliphatic heterocycles. The lowest BCUT2D eigenvalue weighted by Crippen LogP contribution is -2.52. The number of amides is 1. The van der Waals surface area contributed by atoms with Gasteiger partial charge in [0, 0.05) is 32.5 Å². The predicted molar refractivity (Wildman–Crippen MR) is 122 cm³/mol. The van der Waals surface area contributed by atoms with Crippen molar-refractivity contribution in [1.82, 2.24) is 10.4 Å². The summed E-state index contributed by atoms with van der Waals surface area (Å²) in [6, 6.07) is 14.1. The van der Waals surface area contributed by atoms with Crippen LogP contribution in [0.15, 0.2) is 53.4 Å². The Hall–Kier alpha value is -3.06. The molecule has 0 aromatic heterocycles. The molecule has 8 nitrogen and oxygen atoms in total. The first kappa shape index (κ1) is 24.6. The lowest BCUT2D eigenvalue weighted by Gasteiger charge is -2.40. The van der Waals surface area contributed by atoms with E-state index < -0.39 is 20.9 Å². The lowest BCUT2D eigenvalue weighted by atomic mass is 10.1. The number of nitrogens with zero attached hydrogens (tertiary/aromatic N) is 1. The summed E-state index contributed by atoms with van der Waals surface area (Å²) in [5.41, 5.74) is 3.67. The summed E-state index contributed by atoms with van der Waals surface area (Å²) in [4.78, 5) is 12.2. The number of hydroxylamine groups is 1. The normalized spacial score (nSPS) is 15.7. The number of piperidine rings is 1. The van der Waals surface area contributed by atoms with E-state index in [1.54, 1.807) is 6.92 Å². The molecule has 0 aliphatic carbocycles. The van der Waals surface area contributed by atoms with Gasteiger partial charge in [0.15, 0.2) is 0 Å². The molecule has 2 N–H and O–H groups in total. The van der Waals surface area contributed by atoms with Crippen molar-refractivity contribution in [1.29, 1.82) is 0 Å². The van der Waals surface area contributed by atoms with Crippen molar-refractivity contribution < 1.29 is 27.9 Å². The first-order valence-electron chi connectivity index (χ1n) is 10.6. The zero-order valence-corrected chi connectivity index (χ0v) is 19.5. The average molecular weight is 473 g/mol. The molecule has 0 unspecified atom stereocenters. The number of benzene rings is 2. The number of ether oxygens (including phenoxy) is 2. The van der Waals surface area contributed by atoms with Crippen LogP contribution in [0, 0.1) is 18.8 Å². The Kier molecular flexibility index (Phi) is 7.97. The van der Waals surface area contributed by atoms with Crippen molar-refractivity contribution in [3.05, 3.63) is 59.7 Å². The summed E-state index contributed by atoms with van der Waals surface area (Å²) in [6.07, 6.45) is -1.07. The van der Waals surface area contributed by atoms with Crippen molar-refractivity contribution >= 4 is 15.9 Å². The van der Waals surface area contributed by atoms with E-state index in [0.717, 1.165) is 5.56 Å². The highest BCUT2D eigenvalue weighted by molar-refractivity contribution is 7.92. The number of hydrogen-bond donors (Lipinski definition) is 2. The van der Waals surface area contributed by atoms with E-state index in [0.29, 0.717) is 25.4 Å². The maximum Gasteiger partial charge on any atom is 0.432 e. The van der Waals surface area contributed by atoms with Crippen LogP contribution in [0.4, 0.5) is 4.79 Å². The van der Waals surface area contributed by atoms with Gasteiger partial charge in [0.2, 0.25) is 14.8 Å². The van der Waals surface area contributed by atoms with E-state index in [9.17, 15) is 13.2 Å². The molecule has 0 bridgehead atoms. The quantitative estimate of drug-likeness (QED) is 0.362. The van der Waals surface area contributed by atoms with Gasteiger partial charge in [-0.1, -0.05) is 35.7 Å². The number of rotatable bonds is 7. The van der Waals surface area contributed by atoms with Gasteiger partial charge in [0.1, 0.15) is 12.4 Å². The molecule has 176 valence electrons. The molecule has 0 saturated carbocycles. The fourth-order valence-electron chi connectivity index (χ4n) is 3.74. The zero-order chi connectivity index (χ0) is 23.9. The van der Waals surface area contributed by atoms with Crippen LogP contribution < -0.4 is 10.2 Å². The highest BCUT2D eigenvalue weighted by Gasteiger charge is 2.50. The maximum atomic E-state index is 13.6. The lowest BCUT2D eigenvalue weighted by molar-refractivity contribution is 0.000287. The van der Waals surface area contributed by atoms with Crippen molar-refractivity contribution in [2.24, 2.45) is 0 Å². The number of aryl methyl sites for hydroxylation is 1. The summed E-state index contributed by atoms with van der Waals surface area (Å²) < 4.78 is 37.9. The summed E-state index contributed by atoms with van der Waals surface area (Å²) >= 11 is 0. The monoisotopic (exact) mass is 472 g/mol. The molecule has 2 aromatic rings. The number of carbonyl (C=O) groups is 1. The second kappa shape index (κ2) is 10.7. The number of carbonyl (C=O) groups excluding carboxylic acids is 1. The second-order valence-corrected chi connectivity index (χ2v) is 10.1. The van der Waals surface area contributed by atoms with Crippen molar-refractivity contribution in [2.75, 3.05) is 19.7 Å². The number of likely N-dealkylation sites (tertiary alicyclic amines) is 1. The van der Waals surface area contributed by atoms with E-state index in [4.69, 9.17) is 14.7 Å². The van der Waals surface area contributed by atoms with Gasteiger partial charge in [-0.05, 0) is 43.7 Å². The molecule has 33 heavy (non-hydrogen) atoms. The van der Waals surface area contributed by atoms with Gasteiger partial charge in [-0.3, -0.25) is 10.1 Å². The highest BCUT2D eigenvalue weighted by Crippen LogP contribution is 2.37. The van der Waals surface area contributed by atoms with Gasteiger partial charge < -0.3 is 9.47 Å². The Morgan fingerprint density at radius 3 is 2.33 bits per heavy atom. The highest BCUT2D eigenvalue weighted by atomic mass is 32.2. The third-order valence-corrected chi connectivity index (χ3v) is 7.99. The third-order valence-electron chi connectivity index (χ3n) is 5.63. The van der Waals surface area contributed by atoms with Crippen LogP contribution in [-0.4, -0.2) is 49.2 Å². The molecule has 9 heteroatoms. The van der Waals surface area contributed by atoms with Crippen molar-refractivity contribution in [3.8, 4) is 17.6 Å². The predicted octanol–water partition coefficient (Wildman–Crippen LogP) is 3.28. The molecule has 2 aromatic carbocycles. The molecular weight excluding hydrogens is 444 g/mol. The topological polar surface area (TPSA) is 105 Å². The Bertz CT molecular complexity index is 1110. The summed E-state index contributed by atoms with van der Waals surface area (Å²) in [7, 11) is -4.08. The van der Waals surface area contributed by atoms with E-state index in [2.05, 4.69) is 16.7 Å². The van der Waals surface area contributed by atoms with Gasteiger partial charge in [0.05, 0.1) is 4.90 Å². The Morgan fingerprint density at radius 2 is 1.76 bits per heavy atom. The smallest absolute Gasteiger partial charge is 0.432 e. The summed E-state index contributed by atoms with van der Waals surface area (Å²) in [5.74, 6) is 5.96. The van der Waals surface area contributed by atoms with Gasteiger partial charge in [-0.15, -0.1) is 5.92 Å². The van der Waals surface area contributed by atoms with E-state index in [1.165, 1.54) is 35.3 Å². The molecule has 1 fully saturated rings. The molecule has 0 radical (unpaired) electrons. The van der Waals surface area contributed by atoms with Crippen molar-refractivity contribution in [2.45, 2.75) is 43.1 Å². The SMILES string of the molecule is CC#CCOc1ccc(S(=O)(=O)C2(OC(=O)NO)CCN(Cc3ccc(C)cc3)CC2)cc1. The van der Waals surface area contributed by atoms with E-state index in [-0.39, 0.29) is 24.3 Å². The molecule has 1 saturated heterocycles. The minimum absolute atomic E-state index is 0.00847. The van der Waals surface area contributed by atoms with Crippen molar-refractivity contribution in [3.63, 3.8) is 0 Å². The second-order valence-electron chi connectivity index (χ2n) is 7.86. The molecule has 1 aliphatic rings. The first-order chi connectivity index (χ1) is 15.8. The standard InChI is InChI=1S/C24H28N2O6S/c1-3-4-17-31-21-9-11-22(12-10-21)33(29,30)24(32-23(27)25-28)13-15-26(16-14-24)18-20-7-5-19(2)6-8-20/h5-12,28H,13-18H2,1-2H3,(H,25,27). The summed E-state index contributed by atoms with van der Waals surface area (Å²) in [6.45, 7) is 5.39. The fourth-order valence-corrected chi connectivity index (χ4v) is 5.57. The largest absolute Gasteiger partial charge is 0.481 e. The summed E-state index contributed by atoms with van der Waals surface area (Å²) in [5, 5.41) is 8.97. The van der Waals surface area contributed by atoms with Crippen LogP contribution in [0.3, 0.4) is 0 Å². The van der Waals surface area contributed by atoms with Crippen LogP contribution >= 0.6 is 0 Å². The van der Waals surface area contributed by atoms with Gasteiger partial charge in [0.25, 0.3) is 0 Å². The fraction of sp³-hybridized carbons (Fsp3) is 0.375. The molecule has 1 amide bonds. The van der Waals surface area contributed by atoms with Crippen LogP contribution in [0.5, 0.6) is 5.75 Å². The molecule has 3 rings (SSSR count). The molecule has 0 atom stereocenters. The number of sulfone groups is 1. The van der Waals surface area contributed by atoms with Crippen LogP contribution in [-0.2, 0) is 21.1 Å². The minimum Gasteiger partial charge on any atom is -0.481 e. The molecular formula is C24H28N2O6S. The molecule has 0 spiro atoms. The van der Waals surface area contributed by atoms with E-state index in [1.807, 2.05) is 31.2 Å². The molecule has 1 heterocycles. The maximum absolute atomic E-state index is 13.6. The van der Waals surface area contributed by atoms with E-state index >= 15 is 0 Å². The van der Waals surface area contributed by atoms with Gasteiger partial charge in [-0.2, -0.15) is 0 Å². The van der Waals surface area contributed by atoms with Crippen LogP contribution in [0.1, 0.15) is 30.9 Å². The Labute approximate surface area is 194 Å². The minimum atomic E-state index is -4.08.